The molecular formula is C17H24N2O2. The zero-order valence-electron chi connectivity index (χ0n) is 13.4. The van der Waals surface area contributed by atoms with Crippen molar-refractivity contribution < 1.29 is 9.53 Å². The molecule has 0 bridgehead atoms. The smallest absolute Gasteiger partial charge is 0.407 e. The van der Waals surface area contributed by atoms with E-state index in [0.717, 1.165) is 11.9 Å². The fourth-order valence-corrected chi connectivity index (χ4v) is 2.36. The molecule has 114 valence electrons. The number of ether oxygens (including phenoxy) is 1. The summed E-state index contributed by atoms with van der Waals surface area (Å²) in [5.74, 6) is 0. The van der Waals surface area contributed by atoms with Crippen LogP contribution in [0.1, 0.15) is 38.8 Å². The van der Waals surface area contributed by atoms with Crippen molar-refractivity contribution in [3.63, 3.8) is 0 Å². The first-order chi connectivity index (χ1) is 9.74. The number of aromatic nitrogens is 1. The van der Waals surface area contributed by atoms with Crippen molar-refractivity contribution in [2.45, 2.75) is 52.7 Å². The van der Waals surface area contributed by atoms with E-state index in [1.54, 1.807) is 0 Å². The van der Waals surface area contributed by atoms with Gasteiger partial charge < -0.3 is 15.0 Å². The van der Waals surface area contributed by atoms with Gasteiger partial charge >= 0.3 is 6.09 Å². The van der Waals surface area contributed by atoms with E-state index in [9.17, 15) is 4.79 Å². The summed E-state index contributed by atoms with van der Waals surface area (Å²) in [5.41, 5.74) is 3.10. The topological polar surface area (TPSA) is 54.1 Å². The van der Waals surface area contributed by atoms with Crippen molar-refractivity contribution in [2.75, 3.05) is 0 Å². The fraction of sp³-hybridized carbons (Fsp3) is 0.471. The number of aryl methyl sites for hydroxylation is 1. The van der Waals surface area contributed by atoms with Gasteiger partial charge in [0.05, 0.1) is 0 Å². The molecule has 4 nitrogen and oxygen atoms in total. The molecule has 1 aromatic heterocycles. The summed E-state index contributed by atoms with van der Waals surface area (Å²) < 4.78 is 5.27. The highest BCUT2D eigenvalue weighted by Gasteiger charge is 2.18. The molecule has 1 atom stereocenters. The lowest BCUT2D eigenvalue weighted by Gasteiger charge is -2.21. The number of fused-ring (bicyclic) bond motifs is 1. The van der Waals surface area contributed by atoms with Crippen LogP contribution < -0.4 is 5.32 Å². The molecule has 0 aliphatic carbocycles. The average molecular weight is 288 g/mol. The molecular weight excluding hydrogens is 264 g/mol. The van der Waals surface area contributed by atoms with Crippen LogP contribution in [0.15, 0.2) is 24.4 Å². The highest BCUT2D eigenvalue weighted by Crippen LogP contribution is 2.20. The third kappa shape index (κ3) is 4.25. The van der Waals surface area contributed by atoms with Crippen LogP contribution >= 0.6 is 0 Å². The Labute approximate surface area is 125 Å². The Hall–Kier alpha value is -1.97. The average Bonchev–Trinajstić information content (AvgIpc) is 2.68. The van der Waals surface area contributed by atoms with E-state index < -0.39 is 5.60 Å². The second-order valence-corrected chi connectivity index (χ2v) is 6.61. The number of benzene rings is 1. The molecule has 0 aliphatic heterocycles. The van der Waals surface area contributed by atoms with Gasteiger partial charge in [-0.15, -0.1) is 0 Å². The molecule has 4 heteroatoms. The molecule has 0 radical (unpaired) electrons. The zero-order valence-corrected chi connectivity index (χ0v) is 13.4. The van der Waals surface area contributed by atoms with Crippen LogP contribution in [0.25, 0.3) is 10.9 Å². The second kappa shape index (κ2) is 5.80. The van der Waals surface area contributed by atoms with E-state index in [0.29, 0.717) is 0 Å². The van der Waals surface area contributed by atoms with Crippen molar-refractivity contribution in [1.82, 2.24) is 10.3 Å². The number of alkyl carbamates (subject to hydrolysis) is 1. The molecule has 1 amide bonds. The van der Waals surface area contributed by atoms with Gasteiger partial charge in [0, 0.05) is 23.1 Å². The Kier molecular flexibility index (Phi) is 4.26. The molecule has 0 fully saturated rings. The summed E-state index contributed by atoms with van der Waals surface area (Å²) in [6, 6.07) is 6.37. The lowest BCUT2D eigenvalue weighted by atomic mass is 10.1. The van der Waals surface area contributed by atoms with Crippen molar-refractivity contribution in [3.05, 3.63) is 35.5 Å². The van der Waals surface area contributed by atoms with E-state index in [2.05, 4.69) is 35.4 Å². The second-order valence-electron chi connectivity index (χ2n) is 6.61. The van der Waals surface area contributed by atoms with Gasteiger partial charge in [0.2, 0.25) is 0 Å². The molecule has 0 aliphatic rings. The lowest BCUT2D eigenvalue weighted by Crippen LogP contribution is -2.38. The fourth-order valence-electron chi connectivity index (χ4n) is 2.36. The molecule has 1 heterocycles. The molecule has 0 saturated heterocycles. The number of hydrogen-bond donors (Lipinski definition) is 2. The van der Waals surface area contributed by atoms with Crippen LogP contribution in [0.4, 0.5) is 4.79 Å². The van der Waals surface area contributed by atoms with Gasteiger partial charge in [-0.25, -0.2) is 4.79 Å². The molecule has 21 heavy (non-hydrogen) atoms. The summed E-state index contributed by atoms with van der Waals surface area (Å²) in [7, 11) is 0. The number of carbonyl (C=O) groups excluding carboxylic acids is 1. The van der Waals surface area contributed by atoms with Gasteiger partial charge in [-0.2, -0.15) is 0 Å². The molecule has 2 aromatic rings. The Morgan fingerprint density at radius 2 is 2.10 bits per heavy atom. The Morgan fingerprint density at radius 1 is 1.38 bits per heavy atom. The zero-order chi connectivity index (χ0) is 15.6. The highest BCUT2D eigenvalue weighted by molar-refractivity contribution is 5.83. The summed E-state index contributed by atoms with van der Waals surface area (Å²) in [6.45, 7) is 9.64. The molecule has 0 spiro atoms. The number of carbonyl (C=O) groups is 1. The first-order valence-electron chi connectivity index (χ1n) is 7.31. The number of H-pyrrole nitrogens is 1. The minimum atomic E-state index is -0.470. The monoisotopic (exact) mass is 288 g/mol. The van der Waals surface area contributed by atoms with Crippen LogP contribution in [0, 0.1) is 6.92 Å². The van der Waals surface area contributed by atoms with Gasteiger partial charge in [0.15, 0.2) is 0 Å². The van der Waals surface area contributed by atoms with E-state index in [1.807, 2.05) is 33.9 Å². The van der Waals surface area contributed by atoms with Gasteiger partial charge in [-0.1, -0.05) is 12.1 Å². The van der Waals surface area contributed by atoms with E-state index in [4.69, 9.17) is 4.74 Å². The van der Waals surface area contributed by atoms with Crippen LogP contribution in [0.3, 0.4) is 0 Å². The van der Waals surface area contributed by atoms with Gasteiger partial charge in [0.1, 0.15) is 5.60 Å². The van der Waals surface area contributed by atoms with Gasteiger partial charge in [-0.3, -0.25) is 0 Å². The molecule has 1 unspecified atom stereocenters. The van der Waals surface area contributed by atoms with Crippen molar-refractivity contribution >= 4 is 17.0 Å². The number of rotatable bonds is 3. The lowest BCUT2D eigenvalue weighted by molar-refractivity contribution is 0.0508. The van der Waals surface area contributed by atoms with Crippen LogP contribution in [0.2, 0.25) is 0 Å². The maximum atomic E-state index is 11.8. The Balaban J connectivity index is 2.01. The van der Waals surface area contributed by atoms with E-state index >= 15 is 0 Å². The maximum absolute atomic E-state index is 11.8. The highest BCUT2D eigenvalue weighted by atomic mass is 16.6. The Bertz CT molecular complexity index is 638. The van der Waals surface area contributed by atoms with Crippen LogP contribution in [-0.4, -0.2) is 22.7 Å². The van der Waals surface area contributed by atoms with Gasteiger partial charge in [0.25, 0.3) is 0 Å². The predicted molar refractivity (Wildman–Crippen MR) is 85.6 cm³/mol. The third-order valence-electron chi connectivity index (χ3n) is 3.21. The van der Waals surface area contributed by atoms with Crippen molar-refractivity contribution in [1.29, 1.82) is 0 Å². The van der Waals surface area contributed by atoms with Crippen LogP contribution in [-0.2, 0) is 11.2 Å². The third-order valence-corrected chi connectivity index (χ3v) is 3.21. The number of nitrogens with one attached hydrogen (secondary N) is 2. The van der Waals surface area contributed by atoms with Crippen LogP contribution in [0.5, 0.6) is 0 Å². The SMILES string of the molecule is Cc1ccc2c(CC(C)NC(=O)OC(C)(C)C)c[nH]c2c1. The van der Waals surface area contributed by atoms with E-state index in [1.165, 1.54) is 16.5 Å². The summed E-state index contributed by atoms with van der Waals surface area (Å²) in [6.07, 6.45) is 2.41. The number of amides is 1. The number of hydrogen-bond acceptors (Lipinski definition) is 2. The quantitative estimate of drug-likeness (QED) is 0.899. The summed E-state index contributed by atoms with van der Waals surface area (Å²) >= 11 is 0. The minimum absolute atomic E-state index is 0.0140. The standard InChI is InChI=1S/C17H24N2O2/c1-11-6-7-14-13(10-18-15(14)8-11)9-12(2)19-16(20)21-17(3,4)5/h6-8,10,12,18H,9H2,1-5H3,(H,19,20). The van der Waals surface area contributed by atoms with Crippen molar-refractivity contribution in [3.8, 4) is 0 Å². The molecule has 1 aromatic carbocycles. The van der Waals surface area contributed by atoms with Gasteiger partial charge in [-0.05, 0) is 58.2 Å². The largest absolute Gasteiger partial charge is 0.444 e. The molecule has 0 saturated carbocycles. The molecule has 2 N–H and O–H groups in total. The van der Waals surface area contributed by atoms with E-state index in [-0.39, 0.29) is 12.1 Å². The first-order valence-corrected chi connectivity index (χ1v) is 7.31. The maximum Gasteiger partial charge on any atom is 0.407 e. The minimum Gasteiger partial charge on any atom is -0.444 e. The van der Waals surface area contributed by atoms with Crippen molar-refractivity contribution in [2.24, 2.45) is 0 Å². The predicted octanol–water partition coefficient (Wildman–Crippen LogP) is 3.93. The summed E-state index contributed by atoms with van der Waals surface area (Å²) in [4.78, 5) is 15.0. The first kappa shape index (κ1) is 15.4. The molecule has 2 rings (SSSR count). The Morgan fingerprint density at radius 3 is 2.76 bits per heavy atom. The normalized spacial score (nSPS) is 13.2. The summed E-state index contributed by atoms with van der Waals surface area (Å²) in [5, 5.41) is 4.08. The number of aromatic amines is 1.